The normalized spacial score (nSPS) is 20.4. The summed E-state index contributed by atoms with van der Waals surface area (Å²) in [6, 6.07) is 11.2. The highest BCUT2D eigenvalue weighted by molar-refractivity contribution is 6.16. The van der Waals surface area contributed by atoms with E-state index in [1.54, 1.807) is 53.6 Å². The van der Waals surface area contributed by atoms with Crippen molar-refractivity contribution < 1.29 is 13.6 Å². The highest BCUT2D eigenvalue weighted by atomic mass is 19.1. The Bertz CT molecular complexity index is 1120. The van der Waals surface area contributed by atoms with Crippen LogP contribution in [0.2, 0.25) is 0 Å². The quantitative estimate of drug-likeness (QED) is 0.608. The van der Waals surface area contributed by atoms with Gasteiger partial charge in [0.05, 0.1) is 0 Å². The molecule has 1 amide bonds. The van der Waals surface area contributed by atoms with Gasteiger partial charge in [-0.3, -0.25) is 14.7 Å². The molecule has 0 fully saturated rings. The Morgan fingerprint density at radius 1 is 1.12 bits per heavy atom. The molecule has 1 unspecified atom stereocenters. The summed E-state index contributed by atoms with van der Waals surface area (Å²) < 4.78 is 27.8. The molecule has 1 aliphatic heterocycles. The Balaban J connectivity index is 1.88. The molecule has 2 aromatic rings. The summed E-state index contributed by atoms with van der Waals surface area (Å²) in [5.41, 5.74) is 0.145. The second-order valence-electron chi connectivity index (χ2n) is 7.87. The van der Waals surface area contributed by atoms with Crippen LogP contribution in [0.3, 0.4) is 0 Å². The fourth-order valence-electron chi connectivity index (χ4n) is 4.07. The first-order chi connectivity index (χ1) is 16.1. The molecule has 1 aromatic heterocycles. The van der Waals surface area contributed by atoms with Crippen molar-refractivity contribution >= 4 is 11.7 Å². The SMILES string of the molecule is CCNCCCN1C(=O)C(C2=CC=C(F)CC=C2)(c2ccc(F)cc2)N=C1c1ccccn1. The van der Waals surface area contributed by atoms with Crippen molar-refractivity contribution in [3.8, 4) is 0 Å². The molecule has 4 rings (SSSR count). The van der Waals surface area contributed by atoms with Crippen LogP contribution in [0.25, 0.3) is 0 Å². The molecular formula is C26H26F2N4O. The monoisotopic (exact) mass is 448 g/mol. The van der Waals surface area contributed by atoms with Gasteiger partial charge in [0.2, 0.25) is 0 Å². The molecule has 7 heteroatoms. The smallest absolute Gasteiger partial charge is 0.265 e. The van der Waals surface area contributed by atoms with Gasteiger partial charge in [-0.25, -0.2) is 13.8 Å². The number of hydrogen-bond donors (Lipinski definition) is 1. The van der Waals surface area contributed by atoms with Gasteiger partial charge < -0.3 is 5.32 Å². The number of amides is 1. The van der Waals surface area contributed by atoms with Crippen molar-refractivity contribution in [2.75, 3.05) is 19.6 Å². The second kappa shape index (κ2) is 10.0. The van der Waals surface area contributed by atoms with E-state index < -0.39 is 11.4 Å². The number of halogens is 2. The number of rotatable bonds is 8. The first-order valence-corrected chi connectivity index (χ1v) is 11.1. The van der Waals surface area contributed by atoms with Gasteiger partial charge in [-0.2, -0.15) is 0 Å². The number of allylic oxidation sites excluding steroid dienone is 4. The van der Waals surface area contributed by atoms with Crippen molar-refractivity contribution in [2.45, 2.75) is 25.3 Å². The number of carbonyl (C=O) groups excluding carboxylic acids is 1. The molecule has 2 heterocycles. The van der Waals surface area contributed by atoms with E-state index in [-0.39, 0.29) is 18.2 Å². The summed E-state index contributed by atoms with van der Waals surface area (Å²) in [6.45, 7) is 4.05. The van der Waals surface area contributed by atoms with Gasteiger partial charge in [-0.05, 0) is 61.0 Å². The van der Waals surface area contributed by atoms with Crippen molar-refractivity contribution in [1.82, 2.24) is 15.2 Å². The van der Waals surface area contributed by atoms with Crippen molar-refractivity contribution in [1.29, 1.82) is 0 Å². The largest absolute Gasteiger partial charge is 0.317 e. The molecule has 0 radical (unpaired) electrons. The fourth-order valence-corrected chi connectivity index (χ4v) is 4.07. The number of amidine groups is 1. The number of aromatic nitrogens is 1. The van der Waals surface area contributed by atoms with Crippen molar-refractivity contribution in [2.24, 2.45) is 4.99 Å². The number of nitrogens with one attached hydrogen (secondary N) is 1. The van der Waals surface area contributed by atoms with Crippen LogP contribution < -0.4 is 5.32 Å². The number of aliphatic imine (C=N–C) groups is 1. The highest BCUT2D eigenvalue weighted by Crippen LogP contribution is 2.42. The second-order valence-corrected chi connectivity index (χ2v) is 7.87. The average Bonchev–Trinajstić information content (AvgIpc) is 2.96. The minimum Gasteiger partial charge on any atom is -0.317 e. The zero-order valence-corrected chi connectivity index (χ0v) is 18.5. The Morgan fingerprint density at radius 3 is 2.67 bits per heavy atom. The molecule has 170 valence electrons. The lowest BCUT2D eigenvalue weighted by Gasteiger charge is -2.28. The predicted octanol–water partition coefficient (Wildman–Crippen LogP) is 4.44. The van der Waals surface area contributed by atoms with Gasteiger partial charge in [-0.1, -0.05) is 43.4 Å². The molecule has 0 bridgehead atoms. The molecule has 1 aliphatic carbocycles. The maximum atomic E-state index is 14.1. The minimum absolute atomic E-state index is 0.136. The van der Waals surface area contributed by atoms with Gasteiger partial charge in [-0.15, -0.1) is 0 Å². The Morgan fingerprint density at radius 2 is 1.94 bits per heavy atom. The van der Waals surface area contributed by atoms with Crippen LogP contribution >= 0.6 is 0 Å². The summed E-state index contributed by atoms with van der Waals surface area (Å²) in [6.07, 6.45) is 8.85. The van der Waals surface area contributed by atoms with Crippen molar-refractivity contribution in [3.63, 3.8) is 0 Å². The number of pyridine rings is 1. The van der Waals surface area contributed by atoms with Crippen LogP contribution in [0.5, 0.6) is 0 Å². The molecule has 0 saturated heterocycles. The molecule has 0 saturated carbocycles. The molecule has 1 aromatic carbocycles. The third kappa shape index (κ3) is 4.54. The summed E-state index contributed by atoms with van der Waals surface area (Å²) in [7, 11) is 0. The third-order valence-corrected chi connectivity index (χ3v) is 5.70. The first-order valence-electron chi connectivity index (χ1n) is 11.1. The summed E-state index contributed by atoms with van der Waals surface area (Å²) in [5, 5.41) is 3.27. The van der Waals surface area contributed by atoms with E-state index >= 15 is 0 Å². The van der Waals surface area contributed by atoms with Gasteiger partial charge in [0.1, 0.15) is 17.3 Å². The van der Waals surface area contributed by atoms with E-state index in [1.807, 2.05) is 13.0 Å². The van der Waals surface area contributed by atoms with Crippen LogP contribution in [-0.2, 0) is 10.3 Å². The summed E-state index contributed by atoms with van der Waals surface area (Å²) >= 11 is 0. The lowest BCUT2D eigenvalue weighted by molar-refractivity contribution is -0.130. The number of nitrogens with zero attached hydrogens (tertiary/aromatic N) is 3. The van der Waals surface area contributed by atoms with E-state index in [2.05, 4.69) is 10.3 Å². The van der Waals surface area contributed by atoms with Crippen LogP contribution in [0, 0.1) is 5.82 Å². The van der Waals surface area contributed by atoms with Gasteiger partial charge in [0, 0.05) is 19.2 Å². The van der Waals surface area contributed by atoms with Gasteiger partial charge in [0.25, 0.3) is 5.91 Å². The average molecular weight is 449 g/mol. The fraction of sp³-hybridized carbons (Fsp3) is 0.269. The topological polar surface area (TPSA) is 57.6 Å². The van der Waals surface area contributed by atoms with E-state index in [0.29, 0.717) is 35.6 Å². The lowest BCUT2D eigenvalue weighted by Crippen LogP contribution is -2.43. The zero-order chi connectivity index (χ0) is 23.3. The minimum atomic E-state index is -1.46. The van der Waals surface area contributed by atoms with Gasteiger partial charge in [0.15, 0.2) is 11.4 Å². The molecule has 1 N–H and O–H groups in total. The Hall–Kier alpha value is -3.45. The standard InChI is InChI=1S/C26H26F2N4O/c1-2-29-16-6-18-32-24(23-9-3-4-17-30-23)31-26(25(32)33,20-11-14-22(28)15-12-20)19-7-5-8-21(27)13-10-19/h3-5,7,9-15,17,29H,2,6,8,16,18H2,1H3. The molecule has 5 nitrogen and oxygen atoms in total. The summed E-state index contributed by atoms with van der Waals surface area (Å²) in [5.74, 6) is -0.535. The molecule has 2 aliphatic rings. The molecular weight excluding hydrogens is 422 g/mol. The number of carbonyl (C=O) groups is 1. The van der Waals surface area contributed by atoms with Crippen LogP contribution in [0.15, 0.2) is 89.4 Å². The molecule has 33 heavy (non-hydrogen) atoms. The molecule has 0 spiro atoms. The zero-order valence-electron chi connectivity index (χ0n) is 18.5. The summed E-state index contributed by atoms with van der Waals surface area (Å²) in [4.78, 5) is 25.2. The van der Waals surface area contributed by atoms with Crippen LogP contribution in [0.1, 0.15) is 31.0 Å². The van der Waals surface area contributed by atoms with Crippen LogP contribution in [-0.4, -0.2) is 41.3 Å². The number of benzene rings is 1. The van der Waals surface area contributed by atoms with E-state index in [9.17, 15) is 13.6 Å². The Labute approximate surface area is 192 Å². The van der Waals surface area contributed by atoms with Crippen LogP contribution in [0.4, 0.5) is 8.78 Å². The van der Waals surface area contributed by atoms with E-state index in [1.165, 1.54) is 18.2 Å². The maximum absolute atomic E-state index is 14.1. The first kappa shape index (κ1) is 22.7. The van der Waals surface area contributed by atoms with E-state index in [0.717, 1.165) is 13.1 Å². The Kier molecular flexibility index (Phi) is 6.89. The van der Waals surface area contributed by atoms with Crippen molar-refractivity contribution in [3.05, 3.63) is 101 Å². The molecule has 1 atom stereocenters. The number of hydrogen-bond acceptors (Lipinski definition) is 4. The van der Waals surface area contributed by atoms with E-state index in [4.69, 9.17) is 4.99 Å². The maximum Gasteiger partial charge on any atom is 0.265 e. The van der Waals surface area contributed by atoms with Gasteiger partial charge >= 0.3 is 0 Å². The predicted molar refractivity (Wildman–Crippen MR) is 125 cm³/mol. The highest BCUT2D eigenvalue weighted by Gasteiger charge is 2.52. The lowest BCUT2D eigenvalue weighted by atomic mass is 9.82. The third-order valence-electron chi connectivity index (χ3n) is 5.70.